The maximum Gasteiger partial charge on any atom is 0.290 e. The summed E-state index contributed by atoms with van der Waals surface area (Å²) >= 11 is 3.11. The molecule has 130 valence electrons. The SMILES string of the molecule is Cl.O=[N+]([O-])c1cc(Br)ccc1S(=O)(=O)NCCC1CCCNC1. The van der Waals surface area contributed by atoms with Crippen LogP contribution >= 0.6 is 28.3 Å². The molecular weight excluding hydrogens is 410 g/mol. The number of nitro groups is 1. The summed E-state index contributed by atoms with van der Waals surface area (Å²) in [5.41, 5.74) is -0.429. The van der Waals surface area contributed by atoms with Crippen LogP contribution in [0.4, 0.5) is 5.69 Å². The number of piperidine rings is 1. The van der Waals surface area contributed by atoms with Gasteiger partial charge in [0.25, 0.3) is 5.69 Å². The molecule has 7 nitrogen and oxygen atoms in total. The van der Waals surface area contributed by atoms with Crippen LogP contribution in [0, 0.1) is 16.0 Å². The van der Waals surface area contributed by atoms with Crippen LogP contribution in [-0.4, -0.2) is 33.0 Å². The van der Waals surface area contributed by atoms with Gasteiger partial charge in [-0.2, -0.15) is 0 Å². The minimum atomic E-state index is -3.89. The van der Waals surface area contributed by atoms with Gasteiger partial charge in [0.15, 0.2) is 4.90 Å². The molecule has 0 radical (unpaired) electrons. The van der Waals surface area contributed by atoms with E-state index in [-0.39, 0.29) is 23.8 Å². The molecule has 1 atom stereocenters. The molecule has 1 saturated heterocycles. The third-order valence-corrected chi connectivity index (χ3v) is 5.65. The molecule has 10 heteroatoms. The van der Waals surface area contributed by atoms with Crippen molar-refractivity contribution in [3.05, 3.63) is 32.8 Å². The lowest BCUT2D eigenvalue weighted by atomic mass is 9.96. The van der Waals surface area contributed by atoms with E-state index < -0.39 is 20.6 Å². The van der Waals surface area contributed by atoms with Gasteiger partial charge in [0.1, 0.15) is 0 Å². The number of sulfonamides is 1. The van der Waals surface area contributed by atoms with E-state index in [2.05, 4.69) is 26.0 Å². The molecule has 0 aliphatic carbocycles. The minimum Gasteiger partial charge on any atom is -0.316 e. The van der Waals surface area contributed by atoms with Crippen molar-refractivity contribution < 1.29 is 13.3 Å². The molecule has 0 spiro atoms. The van der Waals surface area contributed by atoms with E-state index in [1.165, 1.54) is 18.2 Å². The highest BCUT2D eigenvalue weighted by Gasteiger charge is 2.26. The molecule has 1 aliphatic heterocycles. The Morgan fingerprint density at radius 2 is 2.17 bits per heavy atom. The van der Waals surface area contributed by atoms with E-state index in [1.807, 2.05) is 0 Å². The summed E-state index contributed by atoms with van der Waals surface area (Å²) in [4.78, 5) is 10.0. The Hall–Kier alpha value is -0.740. The maximum atomic E-state index is 12.3. The molecule has 2 rings (SSSR count). The minimum absolute atomic E-state index is 0. The van der Waals surface area contributed by atoms with Crippen LogP contribution < -0.4 is 10.0 Å². The number of hydrogen-bond acceptors (Lipinski definition) is 5. The first-order valence-electron chi connectivity index (χ1n) is 7.04. The molecule has 1 heterocycles. The fraction of sp³-hybridized carbons (Fsp3) is 0.538. The molecule has 0 aromatic heterocycles. The molecule has 2 N–H and O–H groups in total. The van der Waals surface area contributed by atoms with Crippen molar-refractivity contribution in [2.45, 2.75) is 24.2 Å². The van der Waals surface area contributed by atoms with Gasteiger partial charge in [-0.1, -0.05) is 15.9 Å². The molecule has 1 fully saturated rings. The van der Waals surface area contributed by atoms with Gasteiger partial charge in [0.2, 0.25) is 10.0 Å². The van der Waals surface area contributed by atoms with Gasteiger partial charge in [-0.05, 0) is 50.4 Å². The Morgan fingerprint density at radius 3 is 2.78 bits per heavy atom. The number of halogens is 2. The van der Waals surface area contributed by atoms with Crippen LogP contribution in [0.15, 0.2) is 27.6 Å². The molecule has 1 aromatic rings. The number of hydrogen-bond donors (Lipinski definition) is 2. The molecule has 1 aliphatic rings. The molecular formula is C13H19BrClN3O4S. The summed E-state index contributed by atoms with van der Waals surface area (Å²) in [6.07, 6.45) is 2.89. The molecule has 1 unspecified atom stereocenters. The van der Waals surface area contributed by atoms with E-state index in [9.17, 15) is 18.5 Å². The van der Waals surface area contributed by atoms with Crippen molar-refractivity contribution in [1.82, 2.24) is 10.0 Å². The number of nitrogens with one attached hydrogen (secondary N) is 2. The maximum absolute atomic E-state index is 12.3. The Kier molecular flexibility index (Phi) is 7.88. The quantitative estimate of drug-likeness (QED) is 0.535. The first-order chi connectivity index (χ1) is 10.4. The zero-order valence-electron chi connectivity index (χ0n) is 12.3. The van der Waals surface area contributed by atoms with Crippen LogP contribution in [-0.2, 0) is 10.0 Å². The number of nitro benzene ring substituents is 1. The number of benzene rings is 1. The van der Waals surface area contributed by atoms with Crippen LogP contribution in [0.3, 0.4) is 0 Å². The van der Waals surface area contributed by atoms with Crippen LogP contribution in [0.25, 0.3) is 0 Å². The normalized spacial score (nSPS) is 18.2. The largest absolute Gasteiger partial charge is 0.316 e. The van der Waals surface area contributed by atoms with Crippen molar-refractivity contribution in [2.24, 2.45) is 5.92 Å². The molecule has 23 heavy (non-hydrogen) atoms. The van der Waals surface area contributed by atoms with Gasteiger partial charge in [-0.3, -0.25) is 10.1 Å². The highest BCUT2D eigenvalue weighted by molar-refractivity contribution is 9.10. The molecule has 0 saturated carbocycles. The Labute approximate surface area is 150 Å². The number of nitrogens with zero attached hydrogens (tertiary/aromatic N) is 1. The summed E-state index contributed by atoms with van der Waals surface area (Å²) in [5, 5.41) is 14.3. The lowest BCUT2D eigenvalue weighted by Gasteiger charge is -2.22. The Balaban J connectivity index is 0.00000264. The molecule has 0 bridgehead atoms. The summed E-state index contributed by atoms with van der Waals surface area (Å²) in [6.45, 7) is 2.18. The predicted octanol–water partition coefficient (Wildman–Crippen LogP) is 2.45. The van der Waals surface area contributed by atoms with Gasteiger partial charge >= 0.3 is 0 Å². The smallest absolute Gasteiger partial charge is 0.290 e. The average Bonchev–Trinajstić information content (AvgIpc) is 2.47. The predicted molar refractivity (Wildman–Crippen MR) is 93.4 cm³/mol. The molecule has 0 amide bonds. The van der Waals surface area contributed by atoms with Gasteiger partial charge < -0.3 is 5.32 Å². The third kappa shape index (κ3) is 5.68. The van der Waals surface area contributed by atoms with E-state index >= 15 is 0 Å². The summed E-state index contributed by atoms with van der Waals surface area (Å²) in [7, 11) is -3.89. The van der Waals surface area contributed by atoms with E-state index in [4.69, 9.17) is 0 Å². The summed E-state index contributed by atoms with van der Waals surface area (Å²) < 4.78 is 27.5. The first kappa shape index (κ1) is 20.3. The van der Waals surface area contributed by atoms with Crippen molar-refractivity contribution in [2.75, 3.05) is 19.6 Å². The van der Waals surface area contributed by atoms with Crippen LogP contribution in [0.5, 0.6) is 0 Å². The fourth-order valence-corrected chi connectivity index (χ4v) is 4.05. The van der Waals surface area contributed by atoms with E-state index in [1.54, 1.807) is 0 Å². The van der Waals surface area contributed by atoms with Crippen LogP contribution in [0.1, 0.15) is 19.3 Å². The first-order valence-corrected chi connectivity index (χ1v) is 9.32. The van der Waals surface area contributed by atoms with E-state index in [0.29, 0.717) is 10.4 Å². The Morgan fingerprint density at radius 1 is 1.43 bits per heavy atom. The lowest BCUT2D eigenvalue weighted by Crippen LogP contribution is -2.33. The highest BCUT2D eigenvalue weighted by atomic mass is 79.9. The van der Waals surface area contributed by atoms with Crippen molar-refractivity contribution in [3.8, 4) is 0 Å². The lowest BCUT2D eigenvalue weighted by molar-refractivity contribution is -0.387. The van der Waals surface area contributed by atoms with Gasteiger partial charge in [-0.15, -0.1) is 12.4 Å². The monoisotopic (exact) mass is 427 g/mol. The van der Waals surface area contributed by atoms with Gasteiger partial charge in [0, 0.05) is 17.1 Å². The zero-order valence-corrected chi connectivity index (χ0v) is 15.5. The zero-order chi connectivity index (χ0) is 16.2. The van der Waals surface area contributed by atoms with Gasteiger partial charge in [-0.25, -0.2) is 13.1 Å². The van der Waals surface area contributed by atoms with Crippen molar-refractivity contribution in [3.63, 3.8) is 0 Å². The van der Waals surface area contributed by atoms with Crippen molar-refractivity contribution >= 4 is 44.0 Å². The summed E-state index contributed by atoms with van der Waals surface area (Å²) in [6, 6.07) is 3.92. The third-order valence-electron chi connectivity index (χ3n) is 3.65. The Bertz CT molecular complexity index is 651. The highest BCUT2D eigenvalue weighted by Crippen LogP contribution is 2.27. The topological polar surface area (TPSA) is 101 Å². The second-order valence-corrected chi connectivity index (χ2v) is 7.92. The summed E-state index contributed by atoms with van der Waals surface area (Å²) in [5.74, 6) is 0.441. The van der Waals surface area contributed by atoms with E-state index in [0.717, 1.165) is 32.4 Å². The number of rotatable bonds is 6. The second kappa shape index (κ2) is 8.93. The van der Waals surface area contributed by atoms with Crippen molar-refractivity contribution in [1.29, 1.82) is 0 Å². The molecule has 1 aromatic carbocycles. The van der Waals surface area contributed by atoms with Crippen LogP contribution in [0.2, 0.25) is 0 Å². The van der Waals surface area contributed by atoms with Gasteiger partial charge in [0.05, 0.1) is 4.92 Å². The average molecular weight is 429 g/mol. The standard InChI is InChI=1S/C13H18BrN3O4S.ClH/c14-11-3-4-13(12(8-11)17(18)19)22(20,21)16-7-5-10-2-1-6-15-9-10;/h3-4,8,10,15-16H,1-2,5-7,9H2;1H. The fourth-order valence-electron chi connectivity index (χ4n) is 2.51. The second-order valence-electron chi connectivity index (χ2n) is 5.27.